The van der Waals surface area contributed by atoms with Gasteiger partial charge in [0.15, 0.2) is 0 Å². The molecule has 0 fully saturated rings. The molecule has 0 saturated heterocycles. The molecule has 0 spiro atoms. The van der Waals surface area contributed by atoms with E-state index in [1.807, 2.05) is 25.1 Å². The summed E-state index contributed by atoms with van der Waals surface area (Å²) in [6.07, 6.45) is 0. The first-order valence-corrected chi connectivity index (χ1v) is 6.35. The van der Waals surface area contributed by atoms with Crippen LogP contribution in [0.2, 0.25) is 0 Å². The molecule has 0 saturated carbocycles. The first-order valence-electron chi connectivity index (χ1n) is 6.35. The van der Waals surface area contributed by atoms with Crippen molar-refractivity contribution < 1.29 is 4.74 Å². The average molecular weight is 241 g/mol. The van der Waals surface area contributed by atoms with E-state index in [4.69, 9.17) is 4.74 Å². The Kier molecular flexibility index (Phi) is 4.79. The summed E-state index contributed by atoms with van der Waals surface area (Å²) >= 11 is 0. The molecule has 0 amide bonds. The van der Waals surface area contributed by atoms with Crippen LogP contribution >= 0.6 is 0 Å². The van der Waals surface area contributed by atoms with Gasteiger partial charge in [0.25, 0.3) is 0 Å². The van der Waals surface area contributed by atoms with Gasteiger partial charge in [-0.05, 0) is 30.2 Å². The summed E-state index contributed by atoms with van der Waals surface area (Å²) in [6, 6.07) is 18.7. The summed E-state index contributed by atoms with van der Waals surface area (Å²) in [5.74, 6) is 0.935. The van der Waals surface area contributed by atoms with E-state index in [-0.39, 0.29) is 0 Å². The minimum absolute atomic E-state index is 0.714. The maximum atomic E-state index is 5.41. The molecule has 0 aromatic heterocycles. The summed E-state index contributed by atoms with van der Waals surface area (Å²) in [4.78, 5) is 0. The summed E-state index contributed by atoms with van der Waals surface area (Å²) in [7, 11) is 0. The number of benzene rings is 2. The number of hydrogen-bond acceptors (Lipinski definition) is 2. The Morgan fingerprint density at radius 2 is 1.44 bits per heavy atom. The molecule has 0 unspecified atom stereocenters. The lowest BCUT2D eigenvalue weighted by Gasteiger charge is -2.07. The molecule has 2 rings (SSSR count). The lowest BCUT2D eigenvalue weighted by Crippen LogP contribution is -2.12. The van der Waals surface area contributed by atoms with Gasteiger partial charge in [-0.15, -0.1) is 0 Å². The normalized spacial score (nSPS) is 10.3. The minimum Gasteiger partial charge on any atom is -0.494 e. The summed E-state index contributed by atoms with van der Waals surface area (Å²) in [5.41, 5.74) is 2.58. The smallest absolute Gasteiger partial charge is 0.119 e. The van der Waals surface area contributed by atoms with E-state index >= 15 is 0 Å². The first-order chi connectivity index (χ1) is 8.88. The van der Waals surface area contributed by atoms with Crippen molar-refractivity contribution in [3.8, 4) is 5.75 Å². The fourth-order valence-electron chi connectivity index (χ4n) is 1.82. The molecule has 2 aromatic carbocycles. The van der Waals surface area contributed by atoms with Gasteiger partial charge >= 0.3 is 0 Å². The lowest BCUT2D eigenvalue weighted by atomic mass is 10.2. The molecule has 94 valence electrons. The Hall–Kier alpha value is -1.80. The van der Waals surface area contributed by atoms with Crippen molar-refractivity contribution in [3.05, 3.63) is 65.7 Å². The molecule has 0 aliphatic heterocycles. The van der Waals surface area contributed by atoms with Gasteiger partial charge in [-0.3, -0.25) is 0 Å². The van der Waals surface area contributed by atoms with Gasteiger partial charge < -0.3 is 10.1 Å². The topological polar surface area (TPSA) is 21.3 Å². The molecule has 0 bridgehead atoms. The van der Waals surface area contributed by atoms with Crippen LogP contribution in [0.4, 0.5) is 0 Å². The zero-order valence-corrected chi connectivity index (χ0v) is 10.7. The second-order valence-corrected chi connectivity index (χ2v) is 4.17. The Bertz CT molecular complexity index is 450. The molecule has 2 aromatic rings. The van der Waals surface area contributed by atoms with Crippen molar-refractivity contribution in [1.82, 2.24) is 5.32 Å². The van der Waals surface area contributed by atoms with Crippen LogP contribution in [0.15, 0.2) is 54.6 Å². The Balaban J connectivity index is 1.80. The van der Waals surface area contributed by atoms with Crippen molar-refractivity contribution in [2.75, 3.05) is 6.61 Å². The SMILES string of the molecule is CCOc1ccc(CNCc2ccccc2)cc1. The van der Waals surface area contributed by atoms with E-state index in [0.29, 0.717) is 6.61 Å². The van der Waals surface area contributed by atoms with Gasteiger partial charge in [0, 0.05) is 13.1 Å². The van der Waals surface area contributed by atoms with E-state index in [2.05, 4.69) is 41.7 Å². The van der Waals surface area contributed by atoms with Gasteiger partial charge in [-0.25, -0.2) is 0 Å². The van der Waals surface area contributed by atoms with Crippen LogP contribution in [-0.4, -0.2) is 6.61 Å². The van der Waals surface area contributed by atoms with E-state index in [1.165, 1.54) is 11.1 Å². The average Bonchev–Trinajstić information content (AvgIpc) is 2.42. The standard InChI is InChI=1S/C16H19NO/c1-2-18-16-10-8-15(9-11-16)13-17-12-14-6-4-3-5-7-14/h3-11,17H,2,12-13H2,1H3. The predicted molar refractivity (Wildman–Crippen MR) is 74.6 cm³/mol. The second-order valence-electron chi connectivity index (χ2n) is 4.17. The van der Waals surface area contributed by atoms with Crippen LogP contribution < -0.4 is 10.1 Å². The third-order valence-corrected chi connectivity index (χ3v) is 2.74. The van der Waals surface area contributed by atoms with Crippen LogP contribution in [-0.2, 0) is 13.1 Å². The molecule has 0 radical (unpaired) electrons. The first kappa shape index (κ1) is 12.7. The van der Waals surface area contributed by atoms with Gasteiger partial charge in [0.2, 0.25) is 0 Å². The fraction of sp³-hybridized carbons (Fsp3) is 0.250. The minimum atomic E-state index is 0.714. The van der Waals surface area contributed by atoms with Gasteiger partial charge in [-0.1, -0.05) is 42.5 Å². The monoisotopic (exact) mass is 241 g/mol. The predicted octanol–water partition coefficient (Wildman–Crippen LogP) is 3.38. The van der Waals surface area contributed by atoms with Crippen molar-refractivity contribution >= 4 is 0 Å². The summed E-state index contributed by atoms with van der Waals surface area (Å²) in [6.45, 7) is 4.48. The zero-order chi connectivity index (χ0) is 12.6. The highest BCUT2D eigenvalue weighted by Gasteiger charge is 1.95. The number of hydrogen-bond donors (Lipinski definition) is 1. The van der Waals surface area contributed by atoms with E-state index in [1.54, 1.807) is 0 Å². The Morgan fingerprint density at radius 1 is 0.833 bits per heavy atom. The molecule has 1 N–H and O–H groups in total. The molecule has 0 atom stereocenters. The number of nitrogens with one attached hydrogen (secondary N) is 1. The molecule has 2 heteroatoms. The van der Waals surface area contributed by atoms with Crippen molar-refractivity contribution in [3.63, 3.8) is 0 Å². The van der Waals surface area contributed by atoms with Crippen molar-refractivity contribution in [2.24, 2.45) is 0 Å². The summed E-state index contributed by atoms with van der Waals surface area (Å²) < 4.78 is 5.41. The van der Waals surface area contributed by atoms with Crippen molar-refractivity contribution in [1.29, 1.82) is 0 Å². The number of ether oxygens (including phenoxy) is 1. The van der Waals surface area contributed by atoms with Crippen LogP contribution in [0, 0.1) is 0 Å². The molecular weight excluding hydrogens is 222 g/mol. The maximum absolute atomic E-state index is 5.41. The Labute approximate surface area is 109 Å². The van der Waals surface area contributed by atoms with Crippen LogP contribution in [0.25, 0.3) is 0 Å². The Morgan fingerprint density at radius 3 is 2.06 bits per heavy atom. The van der Waals surface area contributed by atoms with Crippen LogP contribution in [0.5, 0.6) is 5.75 Å². The molecule has 2 nitrogen and oxygen atoms in total. The maximum Gasteiger partial charge on any atom is 0.119 e. The second kappa shape index (κ2) is 6.82. The van der Waals surface area contributed by atoms with Gasteiger partial charge in [0.1, 0.15) is 5.75 Å². The highest BCUT2D eigenvalue weighted by molar-refractivity contribution is 5.27. The fourth-order valence-corrected chi connectivity index (χ4v) is 1.82. The highest BCUT2D eigenvalue weighted by Crippen LogP contribution is 2.12. The lowest BCUT2D eigenvalue weighted by molar-refractivity contribution is 0.340. The quantitative estimate of drug-likeness (QED) is 0.837. The van der Waals surface area contributed by atoms with Crippen molar-refractivity contribution in [2.45, 2.75) is 20.0 Å². The molecule has 0 aliphatic carbocycles. The largest absolute Gasteiger partial charge is 0.494 e. The third-order valence-electron chi connectivity index (χ3n) is 2.74. The molecular formula is C16H19NO. The van der Waals surface area contributed by atoms with Gasteiger partial charge in [0.05, 0.1) is 6.61 Å². The molecule has 0 heterocycles. The van der Waals surface area contributed by atoms with E-state index in [9.17, 15) is 0 Å². The highest BCUT2D eigenvalue weighted by atomic mass is 16.5. The summed E-state index contributed by atoms with van der Waals surface area (Å²) in [5, 5.41) is 3.43. The zero-order valence-electron chi connectivity index (χ0n) is 10.7. The number of rotatable bonds is 6. The van der Waals surface area contributed by atoms with Gasteiger partial charge in [-0.2, -0.15) is 0 Å². The van der Waals surface area contributed by atoms with E-state index in [0.717, 1.165) is 18.8 Å². The van der Waals surface area contributed by atoms with E-state index < -0.39 is 0 Å². The van der Waals surface area contributed by atoms with Crippen LogP contribution in [0.1, 0.15) is 18.1 Å². The molecule has 0 aliphatic rings. The molecule has 18 heavy (non-hydrogen) atoms. The third kappa shape index (κ3) is 3.90. The van der Waals surface area contributed by atoms with Crippen LogP contribution in [0.3, 0.4) is 0 Å².